The van der Waals surface area contributed by atoms with E-state index in [1.807, 2.05) is 17.7 Å². The van der Waals surface area contributed by atoms with Crippen LogP contribution in [0.15, 0.2) is 12.4 Å². The first-order valence-electron chi connectivity index (χ1n) is 6.31. The number of nitrogens with zero attached hydrogens (tertiary/aromatic N) is 5. The Morgan fingerprint density at radius 1 is 1.47 bits per heavy atom. The van der Waals surface area contributed by atoms with Crippen LogP contribution < -0.4 is 0 Å². The zero-order valence-electron chi connectivity index (χ0n) is 10.7. The van der Waals surface area contributed by atoms with Gasteiger partial charge in [0.25, 0.3) is 0 Å². The molecule has 2 aromatic heterocycles. The van der Waals surface area contributed by atoms with Crippen LogP contribution in [-0.4, -0.2) is 35.6 Å². The van der Waals surface area contributed by atoms with Gasteiger partial charge in [0.2, 0.25) is 0 Å². The smallest absolute Gasteiger partial charge is 0.358 e. The van der Waals surface area contributed by atoms with Crippen LogP contribution in [-0.2, 0) is 13.1 Å². The Hall–Kier alpha value is -2.18. The van der Waals surface area contributed by atoms with Crippen LogP contribution in [0.25, 0.3) is 0 Å². The van der Waals surface area contributed by atoms with Crippen molar-refractivity contribution in [2.75, 3.05) is 0 Å². The third-order valence-electron chi connectivity index (χ3n) is 3.42. The van der Waals surface area contributed by atoms with Crippen LogP contribution in [0.4, 0.5) is 0 Å². The average Bonchev–Trinajstić information content (AvgIpc) is 2.99. The maximum Gasteiger partial charge on any atom is 0.358 e. The quantitative estimate of drug-likeness (QED) is 0.869. The van der Waals surface area contributed by atoms with Gasteiger partial charge in [0.05, 0.1) is 12.2 Å². The summed E-state index contributed by atoms with van der Waals surface area (Å²) in [5, 5.41) is 16.9. The van der Waals surface area contributed by atoms with Crippen LogP contribution in [0.5, 0.6) is 0 Å². The maximum absolute atomic E-state index is 11.1. The van der Waals surface area contributed by atoms with E-state index in [-0.39, 0.29) is 5.69 Å². The van der Waals surface area contributed by atoms with Gasteiger partial charge in [-0.2, -0.15) is 0 Å². The zero-order valence-corrected chi connectivity index (χ0v) is 10.7. The van der Waals surface area contributed by atoms with Gasteiger partial charge in [0.1, 0.15) is 5.82 Å². The molecule has 19 heavy (non-hydrogen) atoms. The lowest BCUT2D eigenvalue weighted by atomic mass is 10.2. The van der Waals surface area contributed by atoms with Crippen LogP contribution in [0.1, 0.15) is 40.8 Å². The molecule has 3 rings (SSSR count). The van der Waals surface area contributed by atoms with Crippen molar-refractivity contribution in [1.82, 2.24) is 24.5 Å². The number of aryl methyl sites for hydroxylation is 3. The van der Waals surface area contributed by atoms with E-state index in [1.54, 1.807) is 10.9 Å². The second kappa shape index (κ2) is 4.49. The maximum atomic E-state index is 11.1. The van der Waals surface area contributed by atoms with Crippen LogP contribution in [0.3, 0.4) is 0 Å². The molecule has 1 aliphatic carbocycles. The van der Waals surface area contributed by atoms with E-state index in [9.17, 15) is 4.79 Å². The number of rotatable bonds is 5. The Morgan fingerprint density at radius 2 is 2.26 bits per heavy atom. The molecule has 1 saturated carbocycles. The highest BCUT2D eigenvalue weighted by Crippen LogP contribution is 2.41. The molecule has 0 amide bonds. The topological polar surface area (TPSA) is 85.8 Å². The van der Waals surface area contributed by atoms with Crippen molar-refractivity contribution >= 4 is 5.97 Å². The van der Waals surface area contributed by atoms with Gasteiger partial charge in [-0.25, -0.2) is 14.5 Å². The zero-order chi connectivity index (χ0) is 13.4. The Bertz CT molecular complexity index is 611. The summed E-state index contributed by atoms with van der Waals surface area (Å²) in [6, 6.07) is 0. The van der Waals surface area contributed by atoms with Gasteiger partial charge in [-0.3, -0.25) is 0 Å². The molecule has 7 heteroatoms. The molecule has 1 fully saturated rings. The number of carboxylic acids is 1. The fourth-order valence-electron chi connectivity index (χ4n) is 2.24. The van der Waals surface area contributed by atoms with Gasteiger partial charge in [0, 0.05) is 24.9 Å². The van der Waals surface area contributed by atoms with Gasteiger partial charge in [0.15, 0.2) is 5.69 Å². The summed E-state index contributed by atoms with van der Waals surface area (Å²) in [7, 11) is 0. The molecule has 100 valence electrons. The van der Waals surface area contributed by atoms with E-state index in [0.29, 0.717) is 19.0 Å². The molecule has 1 aliphatic rings. The SMILES string of the molecule is Cc1nccn1CCn1nnc(C(=O)O)c1C1CC1. The van der Waals surface area contributed by atoms with Crippen LogP contribution >= 0.6 is 0 Å². The minimum atomic E-state index is -0.994. The van der Waals surface area contributed by atoms with E-state index in [4.69, 9.17) is 5.11 Å². The Labute approximate surface area is 109 Å². The Kier molecular flexibility index (Phi) is 2.81. The normalized spacial score (nSPS) is 14.8. The average molecular weight is 261 g/mol. The van der Waals surface area contributed by atoms with Crippen molar-refractivity contribution in [2.24, 2.45) is 0 Å². The highest BCUT2D eigenvalue weighted by molar-refractivity contribution is 5.86. The van der Waals surface area contributed by atoms with Crippen molar-refractivity contribution in [1.29, 1.82) is 0 Å². The Balaban J connectivity index is 1.81. The molecule has 0 bridgehead atoms. The monoisotopic (exact) mass is 261 g/mol. The van der Waals surface area contributed by atoms with Crippen molar-refractivity contribution in [3.63, 3.8) is 0 Å². The van der Waals surface area contributed by atoms with Crippen molar-refractivity contribution in [3.8, 4) is 0 Å². The van der Waals surface area contributed by atoms with Gasteiger partial charge in [-0.1, -0.05) is 5.21 Å². The first kappa shape index (κ1) is 11.9. The van der Waals surface area contributed by atoms with Crippen molar-refractivity contribution in [2.45, 2.75) is 38.8 Å². The number of imidazole rings is 1. The summed E-state index contributed by atoms with van der Waals surface area (Å²) in [4.78, 5) is 15.3. The second-order valence-corrected chi connectivity index (χ2v) is 4.79. The number of aromatic nitrogens is 5. The lowest BCUT2D eigenvalue weighted by Gasteiger charge is -2.08. The summed E-state index contributed by atoms with van der Waals surface area (Å²) in [6.07, 6.45) is 5.71. The van der Waals surface area contributed by atoms with Gasteiger partial charge in [-0.05, 0) is 19.8 Å². The van der Waals surface area contributed by atoms with Crippen LogP contribution in [0, 0.1) is 6.92 Å². The molecular weight excluding hydrogens is 246 g/mol. The van der Waals surface area contributed by atoms with E-state index in [2.05, 4.69) is 15.3 Å². The summed E-state index contributed by atoms with van der Waals surface area (Å²) in [6.45, 7) is 3.27. The fourth-order valence-corrected chi connectivity index (χ4v) is 2.24. The third-order valence-corrected chi connectivity index (χ3v) is 3.42. The molecule has 0 unspecified atom stereocenters. The number of hydrogen-bond acceptors (Lipinski definition) is 4. The van der Waals surface area contributed by atoms with E-state index in [0.717, 1.165) is 24.4 Å². The van der Waals surface area contributed by atoms with E-state index in [1.165, 1.54) is 0 Å². The van der Waals surface area contributed by atoms with Gasteiger partial charge in [-0.15, -0.1) is 5.10 Å². The summed E-state index contributed by atoms with van der Waals surface area (Å²) in [5.41, 5.74) is 0.870. The van der Waals surface area contributed by atoms with E-state index < -0.39 is 5.97 Å². The minimum absolute atomic E-state index is 0.102. The van der Waals surface area contributed by atoms with E-state index >= 15 is 0 Å². The molecule has 2 aromatic rings. The highest BCUT2D eigenvalue weighted by Gasteiger charge is 2.33. The number of hydrogen-bond donors (Lipinski definition) is 1. The predicted octanol–water partition coefficient (Wildman–Crippen LogP) is 1.06. The largest absolute Gasteiger partial charge is 0.476 e. The third kappa shape index (κ3) is 2.23. The first-order chi connectivity index (χ1) is 9.16. The van der Waals surface area contributed by atoms with Crippen LogP contribution in [0.2, 0.25) is 0 Å². The van der Waals surface area contributed by atoms with Gasteiger partial charge < -0.3 is 9.67 Å². The second-order valence-electron chi connectivity index (χ2n) is 4.79. The summed E-state index contributed by atoms with van der Waals surface area (Å²) in [5.74, 6) is 0.253. The highest BCUT2D eigenvalue weighted by atomic mass is 16.4. The lowest BCUT2D eigenvalue weighted by Crippen LogP contribution is -2.12. The number of carboxylic acid groups (broad SMARTS) is 1. The molecule has 0 radical (unpaired) electrons. The molecule has 0 aromatic carbocycles. The minimum Gasteiger partial charge on any atom is -0.476 e. The molecule has 0 aliphatic heterocycles. The molecule has 0 spiro atoms. The van der Waals surface area contributed by atoms with Crippen molar-refractivity contribution in [3.05, 3.63) is 29.6 Å². The summed E-state index contributed by atoms with van der Waals surface area (Å²) >= 11 is 0. The molecule has 1 N–H and O–H groups in total. The van der Waals surface area contributed by atoms with Gasteiger partial charge >= 0.3 is 5.97 Å². The van der Waals surface area contributed by atoms with Crippen molar-refractivity contribution < 1.29 is 9.90 Å². The molecule has 0 saturated heterocycles. The molecule has 7 nitrogen and oxygen atoms in total. The Morgan fingerprint density at radius 3 is 2.84 bits per heavy atom. The lowest BCUT2D eigenvalue weighted by molar-refractivity contribution is 0.0689. The molecular formula is C12H15N5O2. The first-order valence-corrected chi connectivity index (χ1v) is 6.31. The molecule has 0 atom stereocenters. The fraction of sp³-hybridized carbons (Fsp3) is 0.500. The standard InChI is InChI=1S/C12H15N5O2/c1-8-13-4-5-16(8)6-7-17-11(9-2-3-9)10(12(18)19)14-15-17/h4-5,9H,2-3,6-7H2,1H3,(H,18,19). The summed E-state index contributed by atoms with van der Waals surface area (Å²) < 4.78 is 3.74. The molecule has 2 heterocycles. The number of carbonyl (C=O) groups is 1. The number of aromatic carboxylic acids is 1. The predicted molar refractivity (Wildman–Crippen MR) is 65.9 cm³/mol.